The van der Waals surface area contributed by atoms with Crippen molar-refractivity contribution in [2.45, 2.75) is 39.5 Å². The van der Waals surface area contributed by atoms with Gasteiger partial charge in [-0.05, 0) is 60.4 Å². The van der Waals surface area contributed by atoms with E-state index >= 15 is 0 Å². The van der Waals surface area contributed by atoms with Crippen LogP contribution in [0.25, 0.3) is 17.2 Å². The summed E-state index contributed by atoms with van der Waals surface area (Å²) >= 11 is 0. The molecule has 1 heterocycles. The average Bonchev–Trinajstić information content (AvgIpc) is 2.66. The van der Waals surface area contributed by atoms with Crippen LogP contribution in [0.1, 0.15) is 43.9 Å². The van der Waals surface area contributed by atoms with E-state index in [4.69, 9.17) is 9.84 Å². The van der Waals surface area contributed by atoms with E-state index in [1.54, 1.807) is 13.2 Å². The average molecular weight is 393 g/mol. The Morgan fingerprint density at radius 2 is 1.97 bits per heavy atom. The van der Waals surface area contributed by atoms with E-state index in [1.165, 1.54) is 5.56 Å². The fourth-order valence-corrected chi connectivity index (χ4v) is 4.01. The van der Waals surface area contributed by atoms with Gasteiger partial charge in [0.15, 0.2) is 0 Å². The third-order valence-electron chi connectivity index (χ3n) is 5.51. The van der Waals surface area contributed by atoms with Gasteiger partial charge < -0.3 is 14.7 Å². The van der Waals surface area contributed by atoms with Gasteiger partial charge in [0.1, 0.15) is 5.75 Å². The van der Waals surface area contributed by atoms with Gasteiger partial charge in [0.25, 0.3) is 0 Å². The minimum Gasteiger partial charge on any atom is -0.496 e. The summed E-state index contributed by atoms with van der Waals surface area (Å²) in [4.78, 5) is 25.4. The third kappa shape index (κ3) is 3.90. The Labute approximate surface area is 171 Å². The van der Waals surface area contributed by atoms with E-state index < -0.39 is 5.97 Å². The lowest BCUT2D eigenvalue weighted by Gasteiger charge is -2.39. The van der Waals surface area contributed by atoms with Crippen molar-refractivity contribution in [2.75, 3.05) is 18.6 Å². The molecule has 0 atom stereocenters. The van der Waals surface area contributed by atoms with Crippen molar-refractivity contribution in [1.82, 2.24) is 0 Å². The molecule has 152 valence electrons. The van der Waals surface area contributed by atoms with E-state index in [-0.39, 0.29) is 11.3 Å². The van der Waals surface area contributed by atoms with Crippen molar-refractivity contribution < 1.29 is 19.4 Å². The molecule has 0 aromatic heterocycles. The van der Waals surface area contributed by atoms with Crippen LogP contribution in [0.15, 0.2) is 36.4 Å². The second-order valence-electron chi connectivity index (χ2n) is 8.01. The Morgan fingerprint density at radius 1 is 1.24 bits per heavy atom. The van der Waals surface area contributed by atoms with Gasteiger partial charge in [-0.2, -0.15) is 0 Å². The van der Waals surface area contributed by atoms with E-state index in [0.717, 1.165) is 34.0 Å². The molecule has 0 fully saturated rings. The Morgan fingerprint density at radius 3 is 2.59 bits per heavy atom. The molecule has 2 aromatic rings. The number of benzene rings is 2. The number of anilines is 1. The third-order valence-corrected chi connectivity index (χ3v) is 5.51. The molecule has 0 aliphatic carbocycles. The lowest BCUT2D eigenvalue weighted by molar-refractivity contribution is -0.131. The zero-order chi connectivity index (χ0) is 21.3. The Bertz CT molecular complexity index is 1000. The first-order valence-electron chi connectivity index (χ1n) is 9.73. The minimum absolute atomic E-state index is 0.130. The first-order chi connectivity index (χ1) is 13.7. The molecule has 1 aliphatic rings. The first-order valence-corrected chi connectivity index (χ1v) is 9.73. The van der Waals surface area contributed by atoms with Crippen LogP contribution in [0.4, 0.5) is 5.69 Å². The lowest BCUT2D eigenvalue weighted by Crippen LogP contribution is -2.41. The highest BCUT2D eigenvalue weighted by molar-refractivity contribution is 5.99. The van der Waals surface area contributed by atoms with Gasteiger partial charge in [0, 0.05) is 35.7 Å². The van der Waals surface area contributed by atoms with E-state index in [0.29, 0.717) is 18.7 Å². The molecule has 2 aromatic carbocycles. The fraction of sp³-hybridized carbons (Fsp3) is 0.333. The number of rotatable bonds is 5. The number of methoxy groups -OCH3 is 1. The molecule has 1 amide bonds. The maximum absolute atomic E-state index is 12.7. The Kier molecular flexibility index (Phi) is 5.51. The van der Waals surface area contributed by atoms with Crippen molar-refractivity contribution in [3.63, 3.8) is 0 Å². The number of carbonyl (C=O) groups is 2. The second kappa shape index (κ2) is 7.74. The topological polar surface area (TPSA) is 66.8 Å². The van der Waals surface area contributed by atoms with Gasteiger partial charge in [-0.15, -0.1) is 0 Å². The number of amides is 1. The number of carboxylic acids is 1. The number of hydrogen-bond acceptors (Lipinski definition) is 3. The van der Waals surface area contributed by atoms with Crippen molar-refractivity contribution in [3.8, 4) is 16.9 Å². The fourth-order valence-electron chi connectivity index (χ4n) is 4.01. The largest absolute Gasteiger partial charge is 0.496 e. The van der Waals surface area contributed by atoms with Gasteiger partial charge >= 0.3 is 5.97 Å². The maximum atomic E-state index is 12.7. The molecule has 5 nitrogen and oxygen atoms in total. The number of ether oxygens (including phenoxy) is 1. The predicted octanol–water partition coefficient (Wildman–Crippen LogP) is 4.80. The molecule has 0 spiro atoms. The number of carboxylic acid groups (broad SMARTS) is 1. The summed E-state index contributed by atoms with van der Waals surface area (Å²) in [7, 11) is 1.62. The lowest BCUT2D eigenvalue weighted by atomic mass is 9.75. The summed E-state index contributed by atoms with van der Waals surface area (Å²) in [5.74, 6) is -0.165. The van der Waals surface area contributed by atoms with E-state index in [9.17, 15) is 9.59 Å². The summed E-state index contributed by atoms with van der Waals surface area (Å²) in [5, 5.41) is 8.92. The van der Waals surface area contributed by atoms with Gasteiger partial charge in [-0.25, -0.2) is 4.79 Å². The molecule has 1 N–H and O–H groups in total. The van der Waals surface area contributed by atoms with Crippen LogP contribution < -0.4 is 9.64 Å². The highest BCUT2D eigenvalue weighted by Gasteiger charge is 2.36. The smallest absolute Gasteiger partial charge is 0.328 e. The number of aliphatic carboxylic acids is 1. The van der Waals surface area contributed by atoms with Crippen LogP contribution >= 0.6 is 0 Å². The predicted molar refractivity (Wildman–Crippen MR) is 116 cm³/mol. The van der Waals surface area contributed by atoms with Crippen molar-refractivity contribution in [3.05, 3.63) is 53.1 Å². The zero-order valence-corrected chi connectivity index (χ0v) is 17.6. The molecular formula is C24H27NO4. The van der Waals surface area contributed by atoms with Crippen molar-refractivity contribution in [2.24, 2.45) is 0 Å². The summed E-state index contributed by atoms with van der Waals surface area (Å²) in [6.45, 7) is 8.86. The molecule has 1 aliphatic heterocycles. The van der Waals surface area contributed by atoms with Crippen molar-refractivity contribution >= 4 is 23.6 Å². The SMILES string of the molecule is CCN1C(=O)CC(C)(C)c2cc(C)c(-c3cc(C=CC(=O)O)ccc3OC)cc21. The molecular weight excluding hydrogens is 366 g/mol. The molecule has 0 radical (unpaired) electrons. The first kappa shape index (κ1) is 20.6. The molecule has 0 saturated heterocycles. The Balaban J connectivity index is 2.22. The molecule has 5 heteroatoms. The van der Waals surface area contributed by atoms with Crippen LogP contribution in [0, 0.1) is 6.92 Å². The molecule has 0 unspecified atom stereocenters. The number of carbonyl (C=O) groups excluding carboxylic acids is 1. The number of fused-ring (bicyclic) bond motifs is 1. The zero-order valence-electron chi connectivity index (χ0n) is 17.6. The quantitative estimate of drug-likeness (QED) is 0.741. The standard InChI is InChI=1S/C24H27NO4/c1-6-25-20-13-17(15(2)11-19(20)24(3,4)14-22(25)26)18-12-16(8-10-23(27)28)7-9-21(18)29-5/h7-13H,6,14H2,1-5H3,(H,27,28). The van der Waals surface area contributed by atoms with Crippen LogP contribution in [-0.4, -0.2) is 30.6 Å². The number of nitrogens with zero attached hydrogens (tertiary/aromatic N) is 1. The van der Waals surface area contributed by atoms with Gasteiger partial charge in [0.2, 0.25) is 5.91 Å². The van der Waals surface area contributed by atoms with Crippen LogP contribution in [0.5, 0.6) is 5.75 Å². The molecule has 29 heavy (non-hydrogen) atoms. The van der Waals surface area contributed by atoms with Gasteiger partial charge in [-0.1, -0.05) is 26.0 Å². The molecule has 0 bridgehead atoms. The summed E-state index contributed by atoms with van der Waals surface area (Å²) < 4.78 is 5.57. The van der Waals surface area contributed by atoms with Gasteiger partial charge in [0.05, 0.1) is 7.11 Å². The maximum Gasteiger partial charge on any atom is 0.328 e. The monoisotopic (exact) mass is 393 g/mol. The second-order valence-corrected chi connectivity index (χ2v) is 8.01. The van der Waals surface area contributed by atoms with Crippen LogP contribution in [0.3, 0.4) is 0 Å². The highest BCUT2D eigenvalue weighted by Crippen LogP contribution is 2.44. The Hall–Kier alpha value is -3.08. The summed E-state index contributed by atoms with van der Waals surface area (Å²) in [6.07, 6.45) is 3.17. The van der Waals surface area contributed by atoms with E-state index in [1.807, 2.05) is 30.0 Å². The number of hydrogen-bond donors (Lipinski definition) is 1. The molecule has 3 rings (SSSR count). The highest BCUT2D eigenvalue weighted by atomic mass is 16.5. The minimum atomic E-state index is -0.994. The van der Waals surface area contributed by atoms with Crippen LogP contribution in [0.2, 0.25) is 0 Å². The normalized spacial score (nSPS) is 15.5. The summed E-state index contributed by atoms with van der Waals surface area (Å²) in [5.41, 5.74) is 5.56. The number of aryl methyl sites for hydroxylation is 1. The van der Waals surface area contributed by atoms with Crippen molar-refractivity contribution in [1.29, 1.82) is 0 Å². The summed E-state index contributed by atoms with van der Waals surface area (Å²) in [6, 6.07) is 9.80. The van der Waals surface area contributed by atoms with Gasteiger partial charge in [-0.3, -0.25) is 4.79 Å². The van der Waals surface area contributed by atoms with E-state index in [2.05, 4.69) is 32.9 Å². The molecule has 0 saturated carbocycles. The van der Waals surface area contributed by atoms with Crippen LogP contribution in [-0.2, 0) is 15.0 Å².